The van der Waals surface area contributed by atoms with Crippen LogP contribution in [-0.4, -0.2) is 9.55 Å². The first-order valence-electron chi connectivity index (χ1n) is 5.56. The van der Waals surface area contributed by atoms with Crippen molar-refractivity contribution < 1.29 is 4.39 Å². The van der Waals surface area contributed by atoms with Gasteiger partial charge in [-0.15, -0.1) is 0 Å². The van der Waals surface area contributed by atoms with Crippen LogP contribution >= 0.6 is 39.1 Å². The van der Waals surface area contributed by atoms with Crippen LogP contribution in [0.1, 0.15) is 0 Å². The normalized spacial score (nSPS) is 11.2. The van der Waals surface area contributed by atoms with Crippen molar-refractivity contribution in [3.63, 3.8) is 0 Å². The number of nitrogen functional groups attached to an aromatic ring is 1. The quantitative estimate of drug-likeness (QED) is 0.663. The van der Waals surface area contributed by atoms with E-state index in [0.717, 1.165) is 0 Å². The molecular weight excluding hydrogens is 368 g/mol. The second kappa shape index (κ2) is 4.91. The Balaban J connectivity index is 2.39. The van der Waals surface area contributed by atoms with Crippen LogP contribution < -0.4 is 5.73 Å². The number of rotatable bonds is 1. The molecule has 3 aromatic rings. The Hall–Kier alpha value is -1.30. The third-order valence-electron chi connectivity index (χ3n) is 2.89. The van der Waals surface area contributed by atoms with E-state index in [-0.39, 0.29) is 11.0 Å². The molecule has 0 amide bonds. The molecule has 0 spiro atoms. The van der Waals surface area contributed by atoms with Crippen molar-refractivity contribution in [3.05, 3.63) is 50.7 Å². The van der Waals surface area contributed by atoms with Gasteiger partial charge in [0.05, 0.1) is 31.2 Å². The molecular formula is C13H7BrCl2FN3. The number of imidazole rings is 1. The molecule has 0 aliphatic heterocycles. The van der Waals surface area contributed by atoms with E-state index in [1.807, 2.05) is 6.07 Å². The second-order valence-electron chi connectivity index (χ2n) is 4.13. The summed E-state index contributed by atoms with van der Waals surface area (Å²) in [5.74, 6) is -0.307. The Morgan fingerprint density at radius 1 is 1.20 bits per heavy atom. The fraction of sp³-hybridized carbons (Fsp3) is 0. The van der Waals surface area contributed by atoms with Gasteiger partial charge in [-0.2, -0.15) is 0 Å². The summed E-state index contributed by atoms with van der Waals surface area (Å²) in [6.45, 7) is 0. The molecule has 2 aromatic carbocycles. The lowest BCUT2D eigenvalue weighted by atomic mass is 10.2. The van der Waals surface area contributed by atoms with Crippen LogP contribution in [-0.2, 0) is 0 Å². The first-order valence-corrected chi connectivity index (χ1v) is 7.11. The van der Waals surface area contributed by atoms with Crippen molar-refractivity contribution in [2.24, 2.45) is 0 Å². The highest BCUT2D eigenvalue weighted by Gasteiger charge is 2.15. The van der Waals surface area contributed by atoms with Crippen molar-refractivity contribution in [2.45, 2.75) is 0 Å². The van der Waals surface area contributed by atoms with E-state index in [1.54, 1.807) is 16.7 Å². The Bertz CT molecular complexity index is 832. The van der Waals surface area contributed by atoms with Crippen molar-refractivity contribution in [1.82, 2.24) is 9.55 Å². The van der Waals surface area contributed by atoms with Crippen LogP contribution in [0, 0.1) is 5.82 Å². The highest BCUT2D eigenvalue weighted by molar-refractivity contribution is 9.10. The summed E-state index contributed by atoms with van der Waals surface area (Å²) in [6.07, 6.45) is 0. The van der Waals surface area contributed by atoms with E-state index in [0.29, 0.717) is 26.2 Å². The smallest absolute Gasteiger partial charge is 0.205 e. The summed E-state index contributed by atoms with van der Waals surface area (Å²) in [5, 5.41) is 0.550. The number of nitrogens with two attached hydrogens (primary N) is 1. The molecule has 3 nitrogen and oxygen atoms in total. The van der Waals surface area contributed by atoms with Gasteiger partial charge in [0.1, 0.15) is 5.82 Å². The summed E-state index contributed by atoms with van der Waals surface area (Å²) >= 11 is 15.3. The highest BCUT2D eigenvalue weighted by atomic mass is 79.9. The van der Waals surface area contributed by atoms with Gasteiger partial charge in [0.15, 0.2) is 0 Å². The molecule has 0 radical (unpaired) electrons. The highest BCUT2D eigenvalue weighted by Crippen LogP contribution is 2.34. The Kier molecular flexibility index (Phi) is 3.36. The monoisotopic (exact) mass is 373 g/mol. The first kappa shape index (κ1) is 13.7. The lowest BCUT2D eigenvalue weighted by molar-refractivity contribution is 0.630. The van der Waals surface area contributed by atoms with Crippen LogP contribution in [0.25, 0.3) is 16.7 Å². The minimum Gasteiger partial charge on any atom is -0.369 e. The number of hydrogen-bond acceptors (Lipinski definition) is 2. The Morgan fingerprint density at radius 2 is 1.95 bits per heavy atom. The molecule has 3 rings (SSSR count). The molecule has 1 aromatic heterocycles. The number of nitrogens with zero attached hydrogens (tertiary/aromatic N) is 2. The fourth-order valence-electron chi connectivity index (χ4n) is 2.01. The molecule has 102 valence electrons. The number of anilines is 1. The molecule has 0 fully saturated rings. The van der Waals surface area contributed by atoms with Crippen molar-refractivity contribution in [3.8, 4) is 5.69 Å². The first-order chi connectivity index (χ1) is 9.49. The summed E-state index contributed by atoms with van der Waals surface area (Å²) in [5.41, 5.74) is 7.67. The molecule has 0 unspecified atom stereocenters. The average molecular weight is 375 g/mol. The number of benzene rings is 2. The zero-order chi connectivity index (χ0) is 14.4. The maximum Gasteiger partial charge on any atom is 0.205 e. The summed E-state index contributed by atoms with van der Waals surface area (Å²) in [7, 11) is 0. The summed E-state index contributed by atoms with van der Waals surface area (Å²) < 4.78 is 15.8. The van der Waals surface area contributed by atoms with E-state index in [9.17, 15) is 4.39 Å². The summed E-state index contributed by atoms with van der Waals surface area (Å²) in [6, 6.07) is 8.10. The van der Waals surface area contributed by atoms with Gasteiger partial charge in [-0.1, -0.05) is 29.3 Å². The lowest BCUT2D eigenvalue weighted by Crippen LogP contribution is -2.01. The third kappa shape index (κ3) is 2.06. The van der Waals surface area contributed by atoms with Gasteiger partial charge in [0.25, 0.3) is 0 Å². The van der Waals surface area contributed by atoms with Gasteiger partial charge in [0.2, 0.25) is 5.95 Å². The van der Waals surface area contributed by atoms with Crippen LogP contribution in [0.3, 0.4) is 0 Å². The average Bonchev–Trinajstić information content (AvgIpc) is 2.69. The summed E-state index contributed by atoms with van der Waals surface area (Å²) in [4.78, 5) is 4.14. The Labute approximate surface area is 132 Å². The van der Waals surface area contributed by atoms with Gasteiger partial charge in [-0.25, -0.2) is 9.37 Å². The molecule has 0 saturated heterocycles. The predicted octanol–water partition coefficient (Wildman–Crippen LogP) is 4.82. The number of hydrogen-bond donors (Lipinski definition) is 1. The van der Waals surface area contributed by atoms with E-state index < -0.39 is 5.82 Å². The van der Waals surface area contributed by atoms with Gasteiger partial charge >= 0.3 is 0 Å². The number of aromatic nitrogens is 2. The molecule has 20 heavy (non-hydrogen) atoms. The topological polar surface area (TPSA) is 43.8 Å². The van der Waals surface area contributed by atoms with E-state index in [1.165, 1.54) is 12.1 Å². The number of fused-ring (bicyclic) bond motifs is 1. The van der Waals surface area contributed by atoms with Crippen LogP contribution in [0.2, 0.25) is 10.0 Å². The van der Waals surface area contributed by atoms with E-state index in [4.69, 9.17) is 28.9 Å². The predicted molar refractivity (Wildman–Crippen MR) is 83.2 cm³/mol. The molecule has 2 N–H and O–H groups in total. The zero-order valence-electron chi connectivity index (χ0n) is 9.87. The fourth-order valence-corrected chi connectivity index (χ4v) is 2.78. The van der Waals surface area contributed by atoms with Crippen molar-refractivity contribution in [1.29, 1.82) is 0 Å². The second-order valence-corrected chi connectivity index (χ2v) is 5.74. The molecule has 0 aliphatic carbocycles. The molecule has 7 heteroatoms. The molecule has 0 bridgehead atoms. The zero-order valence-corrected chi connectivity index (χ0v) is 13.0. The maximum absolute atomic E-state index is 13.5. The SMILES string of the molecule is Nc1nc2cc(F)c(Cl)cc2n1-c1cccc(Cl)c1Br. The van der Waals surface area contributed by atoms with E-state index >= 15 is 0 Å². The Morgan fingerprint density at radius 3 is 2.70 bits per heavy atom. The maximum atomic E-state index is 13.5. The molecule has 0 saturated carbocycles. The van der Waals surface area contributed by atoms with Gasteiger partial charge in [-0.3, -0.25) is 4.57 Å². The van der Waals surface area contributed by atoms with Gasteiger partial charge < -0.3 is 5.73 Å². The molecule has 1 heterocycles. The third-order valence-corrected chi connectivity index (χ3v) is 4.56. The standard InChI is InChI=1S/C13H7BrCl2FN3/c14-12-6(15)2-1-3-10(12)20-11-4-7(16)8(17)5-9(11)19-13(20)18/h1-5H,(H2,18,19). The van der Waals surface area contributed by atoms with Crippen molar-refractivity contribution in [2.75, 3.05) is 5.73 Å². The largest absolute Gasteiger partial charge is 0.369 e. The van der Waals surface area contributed by atoms with Crippen molar-refractivity contribution >= 4 is 56.1 Å². The lowest BCUT2D eigenvalue weighted by Gasteiger charge is -2.10. The minimum atomic E-state index is -0.533. The number of halogens is 4. The minimum absolute atomic E-state index is 0.0109. The molecule has 0 aliphatic rings. The van der Waals surface area contributed by atoms with E-state index in [2.05, 4.69) is 20.9 Å². The molecule has 0 atom stereocenters. The van der Waals surface area contributed by atoms with Gasteiger partial charge in [0, 0.05) is 6.07 Å². The van der Waals surface area contributed by atoms with Gasteiger partial charge in [-0.05, 0) is 34.1 Å². The van der Waals surface area contributed by atoms with Crippen LogP contribution in [0.5, 0.6) is 0 Å². The van der Waals surface area contributed by atoms with Crippen LogP contribution in [0.4, 0.5) is 10.3 Å². The van der Waals surface area contributed by atoms with Crippen LogP contribution in [0.15, 0.2) is 34.8 Å².